The molecule has 0 radical (unpaired) electrons. The van der Waals surface area contributed by atoms with Gasteiger partial charge in [0.15, 0.2) is 17.3 Å². The monoisotopic (exact) mass is 467 g/mol. The molecule has 1 aliphatic rings. The molecule has 0 bridgehead atoms. The van der Waals surface area contributed by atoms with E-state index >= 15 is 0 Å². The van der Waals surface area contributed by atoms with Crippen LogP contribution in [-0.2, 0) is 6.42 Å². The zero-order valence-electron chi connectivity index (χ0n) is 18.0. The molecule has 1 amide bonds. The molecule has 0 unspecified atom stereocenters. The summed E-state index contributed by atoms with van der Waals surface area (Å²) in [5.41, 5.74) is 1.38. The number of piperidine rings is 1. The summed E-state index contributed by atoms with van der Waals surface area (Å²) in [5, 5.41) is 14.7. The van der Waals surface area contributed by atoms with Gasteiger partial charge in [-0.3, -0.25) is 9.89 Å². The number of nitrogens with zero attached hydrogens (tertiary/aromatic N) is 4. The summed E-state index contributed by atoms with van der Waals surface area (Å²) in [4.78, 5) is 15.2. The SMILES string of the molecule is O=C(c1n[nH]cc1-c1ccc(F)cc1)N1CCCC[C@H]1Cc1nnc(-c2cccc(F)c2F)o1. The summed E-state index contributed by atoms with van der Waals surface area (Å²) in [6.45, 7) is 0.527. The van der Waals surface area contributed by atoms with Gasteiger partial charge in [-0.15, -0.1) is 10.2 Å². The number of hydrogen-bond acceptors (Lipinski definition) is 5. The van der Waals surface area contributed by atoms with E-state index in [-0.39, 0.29) is 47.2 Å². The fourth-order valence-electron chi connectivity index (χ4n) is 4.23. The molecule has 3 heterocycles. The Hall–Kier alpha value is -3.95. The number of aromatic nitrogens is 4. The smallest absolute Gasteiger partial charge is 0.275 e. The third-order valence-corrected chi connectivity index (χ3v) is 5.95. The molecule has 1 fully saturated rings. The van der Waals surface area contributed by atoms with Crippen LogP contribution in [0.2, 0.25) is 0 Å². The fourth-order valence-corrected chi connectivity index (χ4v) is 4.23. The lowest BCUT2D eigenvalue weighted by atomic mass is 9.97. The van der Waals surface area contributed by atoms with Crippen LogP contribution in [0.4, 0.5) is 13.2 Å². The lowest BCUT2D eigenvalue weighted by Gasteiger charge is -2.34. The average Bonchev–Trinajstić information content (AvgIpc) is 3.51. The van der Waals surface area contributed by atoms with Crippen molar-refractivity contribution >= 4 is 5.91 Å². The minimum Gasteiger partial charge on any atom is -0.421 e. The van der Waals surface area contributed by atoms with Gasteiger partial charge in [-0.25, -0.2) is 13.2 Å². The molecule has 1 saturated heterocycles. The van der Waals surface area contributed by atoms with Crippen molar-refractivity contribution in [3.63, 3.8) is 0 Å². The zero-order chi connectivity index (χ0) is 23.7. The quantitative estimate of drug-likeness (QED) is 0.456. The predicted molar refractivity (Wildman–Crippen MR) is 116 cm³/mol. The molecule has 4 aromatic rings. The Balaban J connectivity index is 1.37. The Morgan fingerprint density at radius 2 is 1.88 bits per heavy atom. The highest BCUT2D eigenvalue weighted by Crippen LogP contribution is 2.28. The van der Waals surface area contributed by atoms with Crippen molar-refractivity contribution in [2.24, 2.45) is 0 Å². The number of nitrogens with one attached hydrogen (secondary N) is 1. The van der Waals surface area contributed by atoms with Gasteiger partial charge < -0.3 is 9.32 Å². The van der Waals surface area contributed by atoms with Crippen LogP contribution in [0.1, 0.15) is 35.6 Å². The second-order valence-electron chi connectivity index (χ2n) is 8.11. The molecule has 7 nitrogen and oxygen atoms in total. The number of carbonyl (C=O) groups excluding carboxylic acids is 1. The van der Waals surface area contributed by atoms with Gasteiger partial charge >= 0.3 is 0 Å². The van der Waals surface area contributed by atoms with E-state index in [4.69, 9.17) is 4.42 Å². The van der Waals surface area contributed by atoms with Crippen molar-refractivity contribution in [1.82, 2.24) is 25.3 Å². The number of amides is 1. The van der Waals surface area contributed by atoms with Gasteiger partial charge in [-0.05, 0) is 49.1 Å². The molecule has 5 rings (SSSR count). The standard InChI is InChI=1S/C24H20F3N5O2/c25-15-9-7-14(8-10-15)18-13-28-30-22(18)24(33)32-11-2-1-4-16(32)12-20-29-31-23(34-20)17-5-3-6-19(26)21(17)27/h3,5-10,13,16H,1-2,4,11-12H2,(H,28,30)/t16-/m0/s1. The topological polar surface area (TPSA) is 87.9 Å². The predicted octanol–water partition coefficient (Wildman–Crippen LogP) is 4.78. The lowest BCUT2D eigenvalue weighted by molar-refractivity contribution is 0.0600. The van der Waals surface area contributed by atoms with Gasteiger partial charge in [-0.1, -0.05) is 18.2 Å². The molecule has 0 spiro atoms. The summed E-state index contributed by atoms with van der Waals surface area (Å²) in [7, 11) is 0. The van der Waals surface area contributed by atoms with E-state index < -0.39 is 11.6 Å². The second-order valence-corrected chi connectivity index (χ2v) is 8.11. The third kappa shape index (κ3) is 4.18. The van der Waals surface area contributed by atoms with Crippen LogP contribution >= 0.6 is 0 Å². The molecule has 1 atom stereocenters. The van der Waals surface area contributed by atoms with Crippen LogP contribution in [0.15, 0.2) is 53.1 Å². The molecule has 174 valence electrons. The van der Waals surface area contributed by atoms with Crippen molar-refractivity contribution < 1.29 is 22.4 Å². The number of rotatable bonds is 5. The molecule has 10 heteroatoms. The lowest BCUT2D eigenvalue weighted by Crippen LogP contribution is -2.45. The summed E-state index contributed by atoms with van der Waals surface area (Å²) in [6, 6.07) is 9.35. The van der Waals surface area contributed by atoms with Crippen LogP contribution in [-0.4, -0.2) is 43.8 Å². The van der Waals surface area contributed by atoms with E-state index in [2.05, 4.69) is 20.4 Å². The fraction of sp³-hybridized carbons (Fsp3) is 0.250. The van der Waals surface area contributed by atoms with Gasteiger partial charge in [0.25, 0.3) is 11.8 Å². The number of aromatic amines is 1. The van der Waals surface area contributed by atoms with Crippen LogP contribution in [0.25, 0.3) is 22.6 Å². The number of hydrogen-bond donors (Lipinski definition) is 1. The number of carbonyl (C=O) groups is 1. The summed E-state index contributed by atoms with van der Waals surface area (Å²) in [5.74, 6) is -2.58. The van der Waals surface area contributed by atoms with Crippen molar-refractivity contribution in [2.75, 3.05) is 6.54 Å². The first-order chi connectivity index (χ1) is 16.5. The van der Waals surface area contributed by atoms with Gasteiger partial charge in [-0.2, -0.15) is 5.10 Å². The van der Waals surface area contributed by atoms with Crippen molar-refractivity contribution in [1.29, 1.82) is 0 Å². The molecule has 0 saturated carbocycles. The first-order valence-electron chi connectivity index (χ1n) is 10.9. The van der Waals surface area contributed by atoms with E-state index in [0.29, 0.717) is 24.1 Å². The summed E-state index contributed by atoms with van der Waals surface area (Å²) >= 11 is 0. The van der Waals surface area contributed by atoms with Crippen molar-refractivity contribution in [2.45, 2.75) is 31.7 Å². The van der Waals surface area contributed by atoms with Crippen LogP contribution in [0, 0.1) is 17.5 Å². The van der Waals surface area contributed by atoms with E-state index in [1.807, 2.05) is 0 Å². The number of H-pyrrole nitrogens is 1. The minimum absolute atomic E-state index is 0.115. The Kier molecular flexibility index (Phi) is 5.87. The van der Waals surface area contributed by atoms with Crippen molar-refractivity contribution in [3.05, 3.63) is 77.7 Å². The van der Waals surface area contributed by atoms with Crippen molar-refractivity contribution in [3.8, 4) is 22.6 Å². The first kappa shape index (κ1) is 21.9. The summed E-state index contributed by atoms with van der Waals surface area (Å²) in [6.07, 6.45) is 4.35. The molecule has 34 heavy (non-hydrogen) atoms. The van der Waals surface area contributed by atoms with Crippen LogP contribution in [0.5, 0.6) is 0 Å². The summed E-state index contributed by atoms with van der Waals surface area (Å²) < 4.78 is 46.6. The molecule has 1 N–H and O–H groups in total. The maximum atomic E-state index is 14.1. The second kappa shape index (κ2) is 9.12. The van der Waals surface area contributed by atoms with Gasteiger partial charge in [0.05, 0.1) is 5.56 Å². The zero-order valence-corrected chi connectivity index (χ0v) is 18.0. The maximum Gasteiger partial charge on any atom is 0.275 e. The number of benzene rings is 2. The van der Waals surface area contributed by atoms with Crippen LogP contribution < -0.4 is 0 Å². The Labute approximate surface area is 192 Å². The van der Waals surface area contributed by atoms with Crippen LogP contribution in [0.3, 0.4) is 0 Å². The maximum absolute atomic E-state index is 14.1. The highest BCUT2D eigenvalue weighted by molar-refractivity contribution is 5.99. The Morgan fingerprint density at radius 3 is 2.71 bits per heavy atom. The molecular formula is C24H20F3N5O2. The highest BCUT2D eigenvalue weighted by atomic mass is 19.2. The molecule has 2 aromatic heterocycles. The Morgan fingerprint density at radius 1 is 1.06 bits per heavy atom. The first-order valence-corrected chi connectivity index (χ1v) is 10.9. The van der Waals surface area contributed by atoms with E-state index in [1.54, 1.807) is 23.2 Å². The minimum atomic E-state index is -1.06. The number of halogens is 3. The normalized spacial score (nSPS) is 16.1. The highest BCUT2D eigenvalue weighted by Gasteiger charge is 2.32. The molecular weight excluding hydrogens is 447 g/mol. The number of likely N-dealkylation sites (tertiary alicyclic amines) is 1. The molecule has 2 aromatic carbocycles. The largest absolute Gasteiger partial charge is 0.421 e. The van der Waals surface area contributed by atoms with Gasteiger partial charge in [0.1, 0.15) is 5.82 Å². The van der Waals surface area contributed by atoms with Gasteiger partial charge in [0, 0.05) is 30.8 Å². The van der Waals surface area contributed by atoms with E-state index in [0.717, 1.165) is 18.9 Å². The average molecular weight is 467 g/mol. The molecule has 1 aliphatic heterocycles. The van der Waals surface area contributed by atoms with E-state index in [1.165, 1.54) is 24.3 Å². The Bertz CT molecular complexity index is 1320. The third-order valence-electron chi connectivity index (χ3n) is 5.95. The molecule has 0 aliphatic carbocycles. The van der Waals surface area contributed by atoms with E-state index in [9.17, 15) is 18.0 Å². The van der Waals surface area contributed by atoms with Gasteiger partial charge in [0.2, 0.25) is 5.89 Å².